The average molecular weight is 514 g/mol. The molecule has 3 aromatic rings. The van der Waals surface area contributed by atoms with E-state index in [1.54, 1.807) is 19.2 Å². The monoisotopic (exact) mass is 513 g/mol. The van der Waals surface area contributed by atoms with E-state index in [1.165, 1.54) is 15.7 Å². The van der Waals surface area contributed by atoms with Crippen molar-refractivity contribution in [2.24, 2.45) is 12.5 Å². The minimum absolute atomic E-state index is 0.123. The van der Waals surface area contributed by atoms with Crippen LogP contribution in [0.3, 0.4) is 0 Å². The normalized spacial score (nSPS) is 24.1. The SMILES string of the molecule is CC(c1ccc(CN2CC3(COC3)C2)cc1)N1C[C@H](C)N(c2nc(=O)n(C)c3ccc(C#N)nc23)C[C@H]1C. The van der Waals surface area contributed by atoms with Gasteiger partial charge in [0.1, 0.15) is 17.3 Å². The molecule has 6 rings (SSSR count). The number of fused-ring (bicyclic) bond motifs is 1. The van der Waals surface area contributed by atoms with E-state index >= 15 is 0 Å². The number of nitriles is 1. The molecule has 3 saturated heterocycles. The van der Waals surface area contributed by atoms with Gasteiger partial charge in [0.2, 0.25) is 0 Å². The Morgan fingerprint density at radius 3 is 2.47 bits per heavy atom. The lowest BCUT2D eigenvalue weighted by Crippen LogP contribution is -2.65. The molecular formula is C29H35N7O2. The van der Waals surface area contributed by atoms with Crippen LogP contribution >= 0.6 is 0 Å². The van der Waals surface area contributed by atoms with Gasteiger partial charge in [-0.15, -0.1) is 0 Å². The molecule has 0 N–H and O–H groups in total. The Morgan fingerprint density at radius 2 is 1.82 bits per heavy atom. The first-order valence-corrected chi connectivity index (χ1v) is 13.5. The van der Waals surface area contributed by atoms with Gasteiger partial charge in [0.25, 0.3) is 0 Å². The molecule has 9 nitrogen and oxygen atoms in total. The predicted octanol–water partition coefficient (Wildman–Crippen LogP) is 2.69. The number of pyridine rings is 1. The van der Waals surface area contributed by atoms with Crippen molar-refractivity contribution in [1.29, 1.82) is 5.26 Å². The van der Waals surface area contributed by atoms with Crippen LogP contribution < -0.4 is 10.6 Å². The lowest BCUT2D eigenvalue weighted by atomic mass is 9.78. The molecule has 3 aliphatic heterocycles. The van der Waals surface area contributed by atoms with Gasteiger partial charge in [-0.25, -0.2) is 9.78 Å². The summed E-state index contributed by atoms with van der Waals surface area (Å²) in [6, 6.07) is 15.3. The van der Waals surface area contributed by atoms with Gasteiger partial charge in [-0.1, -0.05) is 24.3 Å². The Bertz CT molecular complexity index is 1450. The molecule has 3 fully saturated rings. The van der Waals surface area contributed by atoms with Crippen LogP contribution in [0.1, 0.15) is 43.6 Å². The molecule has 3 atom stereocenters. The highest BCUT2D eigenvalue weighted by Gasteiger charge is 2.48. The minimum atomic E-state index is -0.316. The number of hydrogen-bond acceptors (Lipinski definition) is 8. The highest BCUT2D eigenvalue weighted by Crippen LogP contribution is 2.38. The fraction of sp³-hybridized carbons (Fsp3) is 0.517. The van der Waals surface area contributed by atoms with E-state index in [2.05, 4.69) is 75.8 Å². The maximum atomic E-state index is 12.7. The highest BCUT2D eigenvalue weighted by atomic mass is 16.5. The summed E-state index contributed by atoms with van der Waals surface area (Å²) < 4.78 is 6.89. The van der Waals surface area contributed by atoms with Crippen molar-refractivity contribution in [1.82, 2.24) is 24.3 Å². The molecule has 198 valence electrons. The molecule has 0 saturated carbocycles. The zero-order chi connectivity index (χ0) is 26.6. The Hall–Kier alpha value is -3.32. The molecule has 2 aromatic heterocycles. The van der Waals surface area contributed by atoms with Gasteiger partial charge in [-0.3, -0.25) is 14.4 Å². The molecule has 0 bridgehead atoms. The second kappa shape index (κ2) is 9.45. The Labute approximate surface area is 223 Å². The number of rotatable bonds is 5. The molecule has 9 heteroatoms. The van der Waals surface area contributed by atoms with Gasteiger partial charge in [0.05, 0.1) is 18.7 Å². The van der Waals surface area contributed by atoms with Crippen molar-refractivity contribution in [2.75, 3.05) is 44.3 Å². The van der Waals surface area contributed by atoms with Crippen molar-refractivity contribution < 1.29 is 4.74 Å². The van der Waals surface area contributed by atoms with Crippen molar-refractivity contribution in [3.8, 4) is 6.07 Å². The van der Waals surface area contributed by atoms with Crippen molar-refractivity contribution >= 4 is 16.9 Å². The Kier molecular flexibility index (Phi) is 6.22. The second-order valence-electron chi connectivity index (χ2n) is 11.6. The van der Waals surface area contributed by atoms with E-state index in [-0.39, 0.29) is 23.8 Å². The number of anilines is 1. The van der Waals surface area contributed by atoms with E-state index in [1.807, 2.05) is 0 Å². The van der Waals surface area contributed by atoms with E-state index in [9.17, 15) is 10.1 Å². The number of aryl methyl sites for hydroxylation is 1. The quantitative estimate of drug-likeness (QED) is 0.515. The molecule has 3 aliphatic rings. The summed E-state index contributed by atoms with van der Waals surface area (Å²) in [5.41, 5.74) is 4.41. The first-order valence-electron chi connectivity index (χ1n) is 13.5. The number of hydrogen-bond donors (Lipinski definition) is 0. The molecule has 0 amide bonds. The predicted molar refractivity (Wildman–Crippen MR) is 146 cm³/mol. The third-order valence-electron chi connectivity index (χ3n) is 8.66. The highest BCUT2D eigenvalue weighted by molar-refractivity contribution is 5.86. The fourth-order valence-corrected chi connectivity index (χ4v) is 6.40. The summed E-state index contributed by atoms with van der Waals surface area (Å²) in [5.74, 6) is 0.567. The van der Waals surface area contributed by atoms with Gasteiger partial charge in [-0.05, 0) is 44.0 Å². The van der Waals surface area contributed by atoms with Crippen LogP contribution in [-0.2, 0) is 18.3 Å². The number of piperazine rings is 1. The average Bonchev–Trinajstić information content (AvgIpc) is 2.87. The summed E-state index contributed by atoms with van der Waals surface area (Å²) in [7, 11) is 1.69. The molecule has 5 heterocycles. The molecule has 1 aromatic carbocycles. The zero-order valence-corrected chi connectivity index (χ0v) is 22.6. The van der Waals surface area contributed by atoms with Crippen molar-refractivity contribution in [3.05, 3.63) is 63.7 Å². The van der Waals surface area contributed by atoms with Crippen LogP contribution in [0.5, 0.6) is 0 Å². The third kappa shape index (κ3) is 4.27. The van der Waals surface area contributed by atoms with Gasteiger partial charge in [0.15, 0.2) is 5.82 Å². The van der Waals surface area contributed by atoms with Gasteiger partial charge in [0, 0.05) is 63.3 Å². The molecule has 0 aliphatic carbocycles. The maximum absolute atomic E-state index is 12.7. The largest absolute Gasteiger partial charge is 0.380 e. The lowest BCUT2D eigenvalue weighted by molar-refractivity contribution is -0.191. The number of nitrogens with zero attached hydrogens (tertiary/aromatic N) is 7. The van der Waals surface area contributed by atoms with E-state index in [4.69, 9.17) is 4.74 Å². The van der Waals surface area contributed by atoms with Crippen LogP contribution in [0.4, 0.5) is 5.82 Å². The Balaban J connectivity index is 1.17. The van der Waals surface area contributed by atoms with Crippen LogP contribution in [0.25, 0.3) is 11.0 Å². The standard InChI is InChI=1S/C29H35N7O2/c1-19-13-36(27-26-25(33(4)28(37)32-27)10-9-24(11-30)31-26)20(2)12-35(19)21(3)23-7-5-22(6-8-23)14-34-15-29(16-34)17-38-18-29/h5-10,19-21H,12-18H2,1-4H3/t19-,20+,21?/m1/s1. The Morgan fingerprint density at radius 1 is 1.08 bits per heavy atom. The number of ether oxygens (including phenoxy) is 1. The lowest BCUT2D eigenvalue weighted by Gasteiger charge is -2.55. The molecule has 1 spiro atoms. The van der Waals surface area contributed by atoms with Gasteiger partial charge in [-0.2, -0.15) is 10.2 Å². The summed E-state index contributed by atoms with van der Waals surface area (Å²) >= 11 is 0. The third-order valence-corrected chi connectivity index (χ3v) is 8.66. The maximum Gasteiger partial charge on any atom is 0.349 e. The number of likely N-dealkylation sites (tertiary alicyclic amines) is 1. The van der Waals surface area contributed by atoms with Crippen LogP contribution in [0.15, 0.2) is 41.2 Å². The number of aromatic nitrogens is 3. The first-order chi connectivity index (χ1) is 18.3. The van der Waals surface area contributed by atoms with Gasteiger partial charge >= 0.3 is 5.69 Å². The summed E-state index contributed by atoms with van der Waals surface area (Å²) in [6.07, 6.45) is 0. The van der Waals surface area contributed by atoms with E-state index in [0.29, 0.717) is 28.0 Å². The van der Waals surface area contributed by atoms with Crippen molar-refractivity contribution in [3.63, 3.8) is 0 Å². The van der Waals surface area contributed by atoms with Crippen molar-refractivity contribution in [2.45, 2.75) is 45.4 Å². The smallest absolute Gasteiger partial charge is 0.349 e. The summed E-state index contributed by atoms with van der Waals surface area (Å²) in [6.45, 7) is 13.4. The molecule has 1 unspecified atom stereocenters. The van der Waals surface area contributed by atoms with E-state index in [0.717, 1.165) is 45.9 Å². The number of benzene rings is 1. The molecule has 38 heavy (non-hydrogen) atoms. The molecule has 0 radical (unpaired) electrons. The fourth-order valence-electron chi connectivity index (χ4n) is 6.40. The zero-order valence-electron chi connectivity index (χ0n) is 22.6. The van der Waals surface area contributed by atoms with Crippen LogP contribution in [-0.4, -0.2) is 75.8 Å². The van der Waals surface area contributed by atoms with E-state index < -0.39 is 0 Å². The topological polar surface area (TPSA) is 90.5 Å². The van der Waals surface area contributed by atoms with Crippen LogP contribution in [0, 0.1) is 16.7 Å². The summed E-state index contributed by atoms with van der Waals surface area (Å²) in [4.78, 5) is 28.8. The second-order valence-corrected chi connectivity index (χ2v) is 11.6. The minimum Gasteiger partial charge on any atom is -0.380 e. The summed E-state index contributed by atoms with van der Waals surface area (Å²) in [5, 5.41) is 9.40. The van der Waals surface area contributed by atoms with Gasteiger partial charge < -0.3 is 9.64 Å². The first kappa shape index (κ1) is 25.0. The molecular weight excluding hydrogens is 478 g/mol. The van der Waals surface area contributed by atoms with Crippen LogP contribution in [0.2, 0.25) is 0 Å².